The molecule has 2 aromatic rings. The fraction of sp³-hybridized carbons (Fsp3) is 0.444. The molecule has 0 saturated heterocycles. The molecule has 29 heavy (non-hydrogen) atoms. The molecule has 0 aliphatic rings. The Kier molecular flexibility index (Phi) is 8.37. The maximum Gasteiger partial charge on any atom is 0.387 e. The Bertz CT molecular complexity index is 845. The molecule has 0 unspecified atom stereocenters. The molecule has 2 rings (SSSR count). The van der Waals surface area contributed by atoms with Gasteiger partial charge in [-0.2, -0.15) is 8.78 Å². The number of carbonyl (C=O) groups is 2. The van der Waals surface area contributed by atoms with Crippen molar-refractivity contribution in [3.8, 4) is 5.75 Å². The smallest absolute Gasteiger partial charge is 0.387 e. The largest absolute Gasteiger partial charge is 0.433 e. The molecule has 0 bridgehead atoms. The summed E-state index contributed by atoms with van der Waals surface area (Å²) < 4.78 is 31.2. The van der Waals surface area contributed by atoms with Crippen LogP contribution in [0, 0.1) is 5.92 Å². The van der Waals surface area contributed by atoms with Crippen molar-refractivity contribution in [2.75, 3.05) is 11.1 Å². The van der Waals surface area contributed by atoms with E-state index in [1.165, 1.54) is 18.2 Å². The van der Waals surface area contributed by atoms with Crippen molar-refractivity contribution in [2.45, 2.75) is 45.0 Å². The zero-order chi connectivity index (χ0) is 21.4. The summed E-state index contributed by atoms with van der Waals surface area (Å²) in [5, 5.41) is 11.3. The van der Waals surface area contributed by atoms with Gasteiger partial charge in [0.05, 0.1) is 11.4 Å². The van der Waals surface area contributed by atoms with Crippen molar-refractivity contribution in [1.29, 1.82) is 0 Å². The maximum atomic E-state index is 12.5. The summed E-state index contributed by atoms with van der Waals surface area (Å²) in [6, 6.07) is 5.96. The van der Waals surface area contributed by atoms with Gasteiger partial charge < -0.3 is 20.4 Å². The van der Waals surface area contributed by atoms with Crippen LogP contribution in [0.2, 0.25) is 0 Å². The Balaban J connectivity index is 2.03. The third-order valence-corrected chi connectivity index (χ3v) is 4.61. The average molecular weight is 427 g/mol. The summed E-state index contributed by atoms with van der Waals surface area (Å²) in [6.07, 6.45) is 0.516. The van der Waals surface area contributed by atoms with Crippen LogP contribution in [0.3, 0.4) is 0 Å². The third kappa shape index (κ3) is 7.33. The number of rotatable bonds is 11. The SMILES string of the molecule is CC(C)Cn1c(CCC(N)=O)nnc1SCC(=O)Nc1ccccc1OC(F)F. The molecule has 0 radical (unpaired) electrons. The minimum atomic E-state index is -2.99. The Morgan fingerprint density at radius 2 is 2.00 bits per heavy atom. The van der Waals surface area contributed by atoms with Crippen molar-refractivity contribution in [3.05, 3.63) is 30.1 Å². The lowest BCUT2D eigenvalue weighted by Gasteiger charge is -2.13. The van der Waals surface area contributed by atoms with E-state index >= 15 is 0 Å². The number of nitrogens with two attached hydrogens (primary N) is 1. The highest BCUT2D eigenvalue weighted by atomic mass is 32.2. The van der Waals surface area contributed by atoms with E-state index in [0.717, 1.165) is 11.8 Å². The molecule has 2 amide bonds. The number of amides is 2. The second kappa shape index (κ2) is 10.7. The molecule has 0 aliphatic heterocycles. The Hall–Kier alpha value is -2.69. The van der Waals surface area contributed by atoms with E-state index in [0.29, 0.717) is 29.9 Å². The molecule has 1 aromatic carbocycles. The molecule has 3 N–H and O–H groups in total. The summed E-state index contributed by atoms with van der Waals surface area (Å²) in [5.74, 6) is -0.0336. The Morgan fingerprint density at radius 1 is 1.28 bits per heavy atom. The highest BCUT2D eigenvalue weighted by Gasteiger charge is 2.17. The van der Waals surface area contributed by atoms with Crippen LogP contribution >= 0.6 is 11.8 Å². The number of carbonyl (C=O) groups excluding carboxylic acids is 2. The molecule has 0 atom stereocenters. The van der Waals surface area contributed by atoms with Crippen LogP contribution in [-0.4, -0.2) is 38.9 Å². The van der Waals surface area contributed by atoms with E-state index in [1.54, 1.807) is 6.07 Å². The Morgan fingerprint density at radius 3 is 2.66 bits per heavy atom. The number of primary amides is 1. The number of benzene rings is 1. The number of halogens is 2. The monoisotopic (exact) mass is 427 g/mol. The minimum absolute atomic E-state index is 0.00490. The number of hydrogen-bond donors (Lipinski definition) is 2. The van der Waals surface area contributed by atoms with Gasteiger partial charge in [0.25, 0.3) is 0 Å². The van der Waals surface area contributed by atoms with Crippen LogP contribution in [0.1, 0.15) is 26.1 Å². The molecule has 0 aliphatic carbocycles. The van der Waals surface area contributed by atoms with Crippen LogP contribution in [0.4, 0.5) is 14.5 Å². The molecule has 8 nitrogen and oxygen atoms in total. The molecule has 1 aromatic heterocycles. The normalized spacial score (nSPS) is 11.1. The number of nitrogens with zero attached hydrogens (tertiary/aromatic N) is 3. The van der Waals surface area contributed by atoms with Crippen LogP contribution in [0.25, 0.3) is 0 Å². The van der Waals surface area contributed by atoms with Crippen molar-refractivity contribution in [1.82, 2.24) is 14.8 Å². The first-order chi connectivity index (χ1) is 13.8. The average Bonchev–Trinajstić information content (AvgIpc) is 3.00. The van der Waals surface area contributed by atoms with Gasteiger partial charge in [-0.1, -0.05) is 37.7 Å². The lowest BCUT2D eigenvalue weighted by atomic mass is 10.2. The zero-order valence-corrected chi connectivity index (χ0v) is 16.9. The number of thioether (sulfide) groups is 1. The molecule has 0 saturated carbocycles. The summed E-state index contributed by atoms with van der Waals surface area (Å²) in [5.41, 5.74) is 5.36. The van der Waals surface area contributed by atoms with Crippen LogP contribution in [0.15, 0.2) is 29.4 Å². The summed E-state index contributed by atoms with van der Waals surface area (Å²) >= 11 is 1.16. The summed E-state index contributed by atoms with van der Waals surface area (Å²) in [7, 11) is 0. The Labute approximate surface area is 171 Å². The van der Waals surface area contributed by atoms with E-state index in [9.17, 15) is 18.4 Å². The molecular formula is C18H23F2N5O3S. The second-order valence-electron chi connectivity index (χ2n) is 6.58. The molecule has 0 fully saturated rings. The fourth-order valence-corrected chi connectivity index (χ4v) is 3.25. The molecule has 0 spiro atoms. The van der Waals surface area contributed by atoms with E-state index in [2.05, 4.69) is 20.3 Å². The van der Waals surface area contributed by atoms with Crippen LogP contribution < -0.4 is 15.8 Å². The van der Waals surface area contributed by atoms with Gasteiger partial charge in [-0.25, -0.2) is 0 Å². The number of ether oxygens (including phenoxy) is 1. The van der Waals surface area contributed by atoms with Gasteiger partial charge in [-0.15, -0.1) is 10.2 Å². The zero-order valence-electron chi connectivity index (χ0n) is 16.1. The van der Waals surface area contributed by atoms with Crippen LogP contribution in [-0.2, 0) is 22.6 Å². The van der Waals surface area contributed by atoms with Gasteiger partial charge in [-0.05, 0) is 18.1 Å². The lowest BCUT2D eigenvalue weighted by Crippen LogP contribution is -2.17. The molecule has 11 heteroatoms. The first-order valence-electron chi connectivity index (χ1n) is 8.93. The third-order valence-electron chi connectivity index (χ3n) is 3.65. The second-order valence-corrected chi connectivity index (χ2v) is 7.52. The fourth-order valence-electron chi connectivity index (χ4n) is 2.48. The number of anilines is 1. The van der Waals surface area contributed by atoms with Crippen molar-refractivity contribution < 1.29 is 23.1 Å². The van der Waals surface area contributed by atoms with E-state index in [1.807, 2.05) is 18.4 Å². The molecular weight excluding hydrogens is 404 g/mol. The molecule has 1 heterocycles. The molecule has 158 valence electrons. The van der Waals surface area contributed by atoms with Crippen molar-refractivity contribution in [3.63, 3.8) is 0 Å². The van der Waals surface area contributed by atoms with E-state index in [4.69, 9.17) is 5.73 Å². The number of alkyl halides is 2. The van der Waals surface area contributed by atoms with Gasteiger partial charge in [0, 0.05) is 19.4 Å². The first kappa shape index (κ1) is 22.6. The van der Waals surface area contributed by atoms with Crippen molar-refractivity contribution >= 4 is 29.3 Å². The van der Waals surface area contributed by atoms with E-state index in [-0.39, 0.29) is 23.6 Å². The van der Waals surface area contributed by atoms with Gasteiger partial charge in [0.1, 0.15) is 11.6 Å². The predicted octanol–water partition coefficient (Wildman–Crippen LogP) is 2.68. The maximum absolute atomic E-state index is 12.5. The number of para-hydroxylation sites is 2. The number of hydrogen-bond acceptors (Lipinski definition) is 6. The van der Waals surface area contributed by atoms with Gasteiger partial charge in [0.15, 0.2) is 5.16 Å². The van der Waals surface area contributed by atoms with Crippen LogP contribution in [0.5, 0.6) is 5.75 Å². The highest BCUT2D eigenvalue weighted by Crippen LogP contribution is 2.26. The summed E-state index contributed by atoms with van der Waals surface area (Å²) in [6.45, 7) is 1.68. The summed E-state index contributed by atoms with van der Waals surface area (Å²) in [4.78, 5) is 23.3. The highest BCUT2D eigenvalue weighted by molar-refractivity contribution is 7.99. The van der Waals surface area contributed by atoms with E-state index < -0.39 is 18.4 Å². The standard InChI is InChI=1S/C18H23F2N5O3S/c1-11(2)9-25-15(8-7-14(21)26)23-24-18(25)29-10-16(27)22-12-5-3-4-6-13(12)28-17(19)20/h3-6,11,17H,7-10H2,1-2H3,(H2,21,26)(H,22,27). The van der Waals surface area contributed by atoms with Gasteiger partial charge in [0.2, 0.25) is 11.8 Å². The van der Waals surface area contributed by atoms with Crippen molar-refractivity contribution in [2.24, 2.45) is 11.7 Å². The minimum Gasteiger partial charge on any atom is -0.433 e. The van der Waals surface area contributed by atoms with Gasteiger partial charge in [-0.3, -0.25) is 9.59 Å². The first-order valence-corrected chi connectivity index (χ1v) is 9.91. The predicted molar refractivity (Wildman–Crippen MR) is 105 cm³/mol. The quantitative estimate of drug-likeness (QED) is 0.533. The lowest BCUT2D eigenvalue weighted by molar-refractivity contribution is -0.118. The number of aromatic nitrogens is 3. The number of aryl methyl sites for hydroxylation is 1. The topological polar surface area (TPSA) is 112 Å². The van der Waals surface area contributed by atoms with Gasteiger partial charge >= 0.3 is 6.61 Å². The number of nitrogens with one attached hydrogen (secondary N) is 1.